The third-order valence-electron chi connectivity index (χ3n) is 3.46. The monoisotopic (exact) mass is 220 g/mol. The fraction of sp³-hybridized carbons (Fsp3) is 0.462. The number of benzene rings is 1. The summed E-state index contributed by atoms with van der Waals surface area (Å²) in [4.78, 5) is 12.1. The lowest BCUT2D eigenvalue weighted by Crippen LogP contribution is -2.06. The molecule has 0 saturated carbocycles. The van der Waals surface area contributed by atoms with Crippen LogP contribution in [0.15, 0.2) is 12.1 Å². The van der Waals surface area contributed by atoms with Gasteiger partial charge in [0.25, 0.3) is 0 Å². The molecule has 2 atom stereocenters. The van der Waals surface area contributed by atoms with E-state index in [0.29, 0.717) is 5.75 Å². The lowest BCUT2D eigenvalue weighted by molar-refractivity contribution is 0.0934. The molecule has 1 aromatic rings. The standard InChI is InChI=1S/C13H16O3/c1-7-8(2)13(14)12-10(7)5-9(15-3)6-11(12)16-4/h5-8H,1-4H3. The predicted molar refractivity (Wildman–Crippen MR) is 61.5 cm³/mol. The minimum absolute atomic E-state index is 0.0241. The quantitative estimate of drug-likeness (QED) is 0.768. The summed E-state index contributed by atoms with van der Waals surface area (Å²) in [5, 5.41) is 0. The molecule has 16 heavy (non-hydrogen) atoms. The van der Waals surface area contributed by atoms with E-state index >= 15 is 0 Å². The highest BCUT2D eigenvalue weighted by molar-refractivity contribution is 6.05. The molecule has 0 amide bonds. The second-order valence-electron chi connectivity index (χ2n) is 4.24. The van der Waals surface area contributed by atoms with Crippen LogP contribution in [0.25, 0.3) is 0 Å². The van der Waals surface area contributed by atoms with Crippen molar-refractivity contribution in [2.45, 2.75) is 19.8 Å². The van der Waals surface area contributed by atoms with Crippen LogP contribution in [0.4, 0.5) is 0 Å². The molecule has 0 aliphatic heterocycles. The topological polar surface area (TPSA) is 35.5 Å². The molecule has 0 spiro atoms. The minimum atomic E-state index is 0.0241. The van der Waals surface area contributed by atoms with Crippen molar-refractivity contribution >= 4 is 5.78 Å². The number of hydrogen-bond acceptors (Lipinski definition) is 3. The summed E-state index contributed by atoms with van der Waals surface area (Å²) in [6.45, 7) is 4.02. The number of ketones is 1. The predicted octanol–water partition coefficient (Wildman–Crippen LogP) is 2.64. The van der Waals surface area contributed by atoms with Gasteiger partial charge >= 0.3 is 0 Å². The van der Waals surface area contributed by atoms with Crippen molar-refractivity contribution in [2.75, 3.05) is 14.2 Å². The molecule has 86 valence electrons. The molecule has 0 bridgehead atoms. The summed E-state index contributed by atoms with van der Waals surface area (Å²) in [5.41, 5.74) is 1.76. The van der Waals surface area contributed by atoms with Gasteiger partial charge in [0.2, 0.25) is 0 Å². The van der Waals surface area contributed by atoms with Gasteiger partial charge in [-0.1, -0.05) is 13.8 Å². The van der Waals surface area contributed by atoms with Crippen molar-refractivity contribution in [3.8, 4) is 11.5 Å². The Morgan fingerprint density at radius 3 is 2.31 bits per heavy atom. The zero-order valence-corrected chi connectivity index (χ0v) is 10.0. The SMILES string of the molecule is COc1cc(OC)c2c(c1)C(C)C(C)C2=O. The highest BCUT2D eigenvalue weighted by Crippen LogP contribution is 2.43. The van der Waals surface area contributed by atoms with Crippen LogP contribution >= 0.6 is 0 Å². The number of hydrogen-bond donors (Lipinski definition) is 0. The first kappa shape index (κ1) is 11.0. The lowest BCUT2D eigenvalue weighted by atomic mass is 9.96. The largest absolute Gasteiger partial charge is 0.497 e. The summed E-state index contributed by atoms with van der Waals surface area (Å²) in [6.07, 6.45) is 0. The summed E-state index contributed by atoms with van der Waals surface area (Å²) >= 11 is 0. The first-order valence-corrected chi connectivity index (χ1v) is 5.40. The fourth-order valence-electron chi connectivity index (χ4n) is 2.24. The molecule has 0 N–H and O–H groups in total. The summed E-state index contributed by atoms with van der Waals surface area (Å²) in [6, 6.07) is 3.70. The van der Waals surface area contributed by atoms with Crippen LogP contribution in [-0.2, 0) is 0 Å². The summed E-state index contributed by atoms with van der Waals surface area (Å²) in [5.74, 6) is 1.78. The third-order valence-corrected chi connectivity index (χ3v) is 3.46. The molecule has 0 radical (unpaired) electrons. The summed E-state index contributed by atoms with van der Waals surface area (Å²) < 4.78 is 10.5. The molecule has 3 nitrogen and oxygen atoms in total. The molecule has 1 aliphatic carbocycles. The Labute approximate surface area is 95.4 Å². The molecule has 3 heteroatoms. The zero-order chi connectivity index (χ0) is 11.9. The maximum absolute atomic E-state index is 12.1. The van der Waals surface area contributed by atoms with Gasteiger partial charge in [0.1, 0.15) is 11.5 Å². The van der Waals surface area contributed by atoms with Crippen LogP contribution in [0.1, 0.15) is 35.7 Å². The van der Waals surface area contributed by atoms with E-state index < -0.39 is 0 Å². The normalized spacial score (nSPS) is 23.1. The number of ether oxygens (including phenoxy) is 2. The fourth-order valence-corrected chi connectivity index (χ4v) is 2.24. The van der Waals surface area contributed by atoms with Gasteiger partial charge in [-0.25, -0.2) is 0 Å². The van der Waals surface area contributed by atoms with E-state index in [4.69, 9.17) is 9.47 Å². The summed E-state index contributed by atoms with van der Waals surface area (Å²) in [7, 11) is 3.20. The van der Waals surface area contributed by atoms with E-state index in [2.05, 4.69) is 6.92 Å². The van der Waals surface area contributed by atoms with Gasteiger partial charge in [-0.05, 0) is 17.5 Å². The molecule has 0 fully saturated rings. The number of rotatable bonds is 2. The number of Topliss-reactive ketones (excluding diaryl/α,β-unsaturated/α-hetero) is 1. The first-order valence-electron chi connectivity index (χ1n) is 5.40. The van der Waals surface area contributed by atoms with E-state index in [-0.39, 0.29) is 17.6 Å². The average molecular weight is 220 g/mol. The highest BCUT2D eigenvalue weighted by atomic mass is 16.5. The van der Waals surface area contributed by atoms with Gasteiger partial charge in [-0.15, -0.1) is 0 Å². The van der Waals surface area contributed by atoms with Crippen molar-refractivity contribution < 1.29 is 14.3 Å². The van der Waals surface area contributed by atoms with Crippen LogP contribution in [0.3, 0.4) is 0 Å². The van der Waals surface area contributed by atoms with Crippen molar-refractivity contribution in [1.29, 1.82) is 0 Å². The Kier molecular flexibility index (Phi) is 2.62. The second-order valence-corrected chi connectivity index (χ2v) is 4.24. The zero-order valence-electron chi connectivity index (χ0n) is 10.0. The molecule has 0 heterocycles. The van der Waals surface area contributed by atoms with Crippen LogP contribution in [0.2, 0.25) is 0 Å². The number of carbonyl (C=O) groups is 1. The molecule has 2 unspecified atom stereocenters. The Balaban J connectivity index is 2.64. The van der Waals surface area contributed by atoms with E-state index in [1.54, 1.807) is 20.3 Å². The van der Waals surface area contributed by atoms with E-state index in [1.165, 1.54) is 0 Å². The molecule has 1 aromatic carbocycles. The van der Waals surface area contributed by atoms with Crippen molar-refractivity contribution in [3.05, 3.63) is 23.3 Å². The van der Waals surface area contributed by atoms with Gasteiger partial charge in [-0.2, -0.15) is 0 Å². The third kappa shape index (κ3) is 1.39. The number of methoxy groups -OCH3 is 2. The minimum Gasteiger partial charge on any atom is -0.497 e. The molecule has 1 aliphatic rings. The van der Waals surface area contributed by atoms with Crippen molar-refractivity contribution in [1.82, 2.24) is 0 Å². The highest BCUT2D eigenvalue weighted by Gasteiger charge is 2.36. The van der Waals surface area contributed by atoms with E-state index in [1.807, 2.05) is 13.0 Å². The maximum Gasteiger partial charge on any atom is 0.170 e. The van der Waals surface area contributed by atoms with Crippen LogP contribution in [-0.4, -0.2) is 20.0 Å². The lowest BCUT2D eigenvalue weighted by Gasteiger charge is -2.11. The van der Waals surface area contributed by atoms with Gasteiger partial charge in [0, 0.05) is 12.0 Å². The van der Waals surface area contributed by atoms with E-state index in [0.717, 1.165) is 16.9 Å². The van der Waals surface area contributed by atoms with Crippen LogP contribution in [0, 0.1) is 5.92 Å². The van der Waals surface area contributed by atoms with Crippen LogP contribution in [0.5, 0.6) is 11.5 Å². The average Bonchev–Trinajstić information content (AvgIpc) is 2.53. The van der Waals surface area contributed by atoms with Gasteiger partial charge in [0.05, 0.1) is 19.8 Å². The van der Waals surface area contributed by atoms with E-state index in [9.17, 15) is 4.79 Å². The maximum atomic E-state index is 12.1. The first-order chi connectivity index (χ1) is 7.60. The molecular weight excluding hydrogens is 204 g/mol. The number of carbonyl (C=O) groups excluding carboxylic acids is 1. The Bertz CT molecular complexity index is 437. The second kappa shape index (κ2) is 3.81. The Hall–Kier alpha value is -1.51. The van der Waals surface area contributed by atoms with Crippen LogP contribution < -0.4 is 9.47 Å². The molecule has 0 saturated heterocycles. The number of fused-ring (bicyclic) bond motifs is 1. The van der Waals surface area contributed by atoms with Crippen molar-refractivity contribution in [2.24, 2.45) is 5.92 Å². The van der Waals surface area contributed by atoms with Gasteiger partial charge in [-0.3, -0.25) is 4.79 Å². The van der Waals surface area contributed by atoms with Crippen molar-refractivity contribution in [3.63, 3.8) is 0 Å². The molecular formula is C13H16O3. The van der Waals surface area contributed by atoms with Gasteiger partial charge in [0.15, 0.2) is 5.78 Å². The molecule has 0 aromatic heterocycles. The Morgan fingerprint density at radius 2 is 1.75 bits per heavy atom. The Morgan fingerprint density at radius 1 is 1.06 bits per heavy atom. The smallest absolute Gasteiger partial charge is 0.170 e. The van der Waals surface area contributed by atoms with Gasteiger partial charge < -0.3 is 9.47 Å². The molecule has 2 rings (SSSR count).